The molecule has 5 rings (SSSR count). The summed E-state index contributed by atoms with van der Waals surface area (Å²) in [5.41, 5.74) is 5.69. The quantitative estimate of drug-likeness (QED) is 0.318. The topological polar surface area (TPSA) is 74.7 Å². The average molecular weight is 454 g/mol. The van der Waals surface area contributed by atoms with Crippen LogP contribution in [0.1, 0.15) is 11.1 Å². The number of aryl methyl sites for hydroxylation is 3. The predicted octanol–water partition coefficient (Wildman–Crippen LogP) is 5.24. The van der Waals surface area contributed by atoms with E-state index in [0.717, 1.165) is 23.3 Å². The van der Waals surface area contributed by atoms with Gasteiger partial charge in [-0.1, -0.05) is 35.9 Å². The molecule has 6 nitrogen and oxygen atoms in total. The minimum atomic E-state index is -0.0686. The highest BCUT2D eigenvalue weighted by atomic mass is 32.1. The van der Waals surface area contributed by atoms with Gasteiger partial charge in [-0.2, -0.15) is 0 Å². The van der Waals surface area contributed by atoms with Crippen LogP contribution >= 0.6 is 12.2 Å². The summed E-state index contributed by atoms with van der Waals surface area (Å²) in [5.74, 6) is 0. The first-order valence-electron chi connectivity index (χ1n) is 10.8. The summed E-state index contributed by atoms with van der Waals surface area (Å²) in [6.07, 6.45) is 4.37. The molecule has 3 aromatic carbocycles. The van der Waals surface area contributed by atoms with Gasteiger partial charge in [0.2, 0.25) is 0 Å². The smallest absolute Gasteiger partial charge is 0.261 e. The summed E-state index contributed by atoms with van der Waals surface area (Å²) < 4.78 is 1.66. The number of aromatic amines is 1. The maximum atomic E-state index is 13.2. The lowest BCUT2D eigenvalue weighted by atomic mass is 10.1. The van der Waals surface area contributed by atoms with E-state index >= 15 is 0 Å². The molecule has 164 valence electrons. The molecule has 0 aliphatic heterocycles. The van der Waals surface area contributed by atoms with Crippen LogP contribution in [-0.4, -0.2) is 19.6 Å². The van der Waals surface area contributed by atoms with Gasteiger partial charge in [0, 0.05) is 35.0 Å². The third-order valence-corrected chi connectivity index (χ3v) is 5.89. The Balaban J connectivity index is 1.34. The van der Waals surface area contributed by atoms with E-state index in [-0.39, 0.29) is 5.56 Å². The van der Waals surface area contributed by atoms with Crippen LogP contribution in [-0.2, 0) is 13.0 Å². The van der Waals surface area contributed by atoms with Gasteiger partial charge in [-0.15, -0.1) is 0 Å². The molecule has 3 N–H and O–H groups in total. The van der Waals surface area contributed by atoms with E-state index in [4.69, 9.17) is 12.2 Å². The SMILES string of the molecule is Cc1ccc(NC(=S)Nc2ccc3ncn(CCc4c[nH]c5ccccc45)c(=O)c3c2)cc1. The van der Waals surface area contributed by atoms with Crippen molar-refractivity contribution in [3.63, 3.8) is 0 Å². The van der Waals surface area contributed by atoms with Gasteiger partial charge in [0.15, 0.2) is 5.11 Å². The zero-order valence-corrected chi connectivity index (χ0v) is 18.9. The number of thiocarbonyl (C=S) groups is 1. The largest absolute Gasteiger partial charge is 0.361 e. The molecule has 2 heterocycles. The van der Waals surface area contributed by atoms with E-state index in [0.29, 0.717) is 22.6 Å². The van der Waals surface area contributed by atoms with Crippen molar-refractivity contribution in [3.8, 4) is 0 Å². The molecule has 0 saturated heterocycles. The molecule has 0 unspecified atom stereocenters. The molecule has 0 radical (unpaired) electrons. The normalized spacial score (nSPS) is 11.1. The van der Waals surface area contributed by atoms with Gasteiger partial charge in [-0.3, -0.25) is 9.36 Å². The maximum absolute atomic E-state index is 13.2. The summed E-state index contributed by atoms with van der Waals surface area (Å²) >= 11 is 5.43. The van der Waals surface area contributed by atoms with Crippen LogP contribution in [0, 0.1) is 6.92 Å². The number of anilines is 2. The molecular formula is C26H23N5OS. The number of rotatable bonds is 5. The number of hydrogen-bond donors (Lipinski definition) is 3. The van der Waals surface area contributed by atoms with Gasteiger partial charge in [-0.05, 0) is 67.5 Å². The molecule has 0 amide bonds. The zero-order valence-electron chi connectivity index (χ0n) is 18.1. The molecule has 0 fully saturated rings. The van der Waals surface area contributed by atoms with Crippen molar-refractivity contribution < 1.29 is 0 Å². The number of para-hydroxylation sites is 1. The molecule has 0 saturated carbocycles. The Labute approximate surface area is 196 Å². The van der Waals surface area contributed by atoms with Crippen molar-refractivity contribution in [1.82, 2.24) is 14.5 Å². The first-order valence-corrected chi connectivity index (χ1v) is 11.2. The van der Waals surface area contributed by atoms with E-state index in [1.807, 2.05) is 61.7 Å². The van der Waals surface area contributed by atoms with E-state index in [9.17, 15) is 4.79 Å². The molecule has 2 aromatic heterocycles. The van der Waals surface area contributed by atoms with Crippen LogP contribution in [0.4, 0.5) is 11.4 Å². The average Bonchev–Trinajstić information content (AvgIpc) is 3.24. The van der Waals surface area contributed by atoms with E-state index in [1.54, 1.807) is 17.0 Å². The fourth-order valence-electron chi connectivity index (χ4n) is 3.91. The third-order valence-electron chi connectivity index (χ3n) is 5.69. The van der Waals surface area contributed by atoms with Crippen molar-refractivity contribution in [2.24, 2.45) is 0 Å². The second-order valence-corrected chi connectivity index (χ2v) is 8.44. The summed E-state index contributed by atoms with van der Waals surface area (Å²) in [7, 11) is 0. The molecule has 33 heavy (non-hydrogen) atoms. The van der Waals surface area contributed by atoms with E-state index in [2.05, 4.69) is 32.7 Å². The monoisotopic (exact) mass is 453 g/mol. The van der Waals surface area contributed by atoms with Crippen molar-refractivity contribution in [2.45, 2.75) is 19.9 Å². The lowest BCUT2D eigenvalue weighted by Crippen LogP contribution is -2.22. The molecule has 0 aliphatic rings. The Bertz CT molecular complexity index is 1520. The highest BCUT2D eigenvalue weighted by Crippen LogP contribution is 2.19. The van der Waals surface area contributed by atoms with Crippen LogP contribution in [0.3, 0.4) is 0 Å². The van der Waals surface area contributed by atoms with Gasteiger partial charge in [0.1, 0.15) is 0 Å². The van der Waals surface area contributed by atoms with E-state index in [1.165, 1.54) is 16.5 Å². The number of nitrogens with one attached hydrogen (secondary N) is 3. The highest BCUT2D eigenvalue weighted by Gasteiger charge is 2.08. The van der Waals surface area contributed by atoms with Crippen molar-refractivity contribution >= 4 is 50.5 Å². The second kappa shape index (κ2) is 8.88. The van der Waals surface area contributed by atoms with Gasteiger partial charge < -0.3 is 15.6 Å². The first kappa shape index (κ1) is 20.9. The molecule has 0 aliphatic carbocycles. The number of benzene rings is 3. The molecule has 0 spiro atoms. The summed E-state index contributed by atoms with van der Waals surface area (Å²) in [5, 5.41) is 8.52. The lowest BCUT2D eigenvalue weighted by molar-refractivity contribution is 0.664. The second-order valence-electron chi connectivity index (χ2n) is 8.03. The number of fused-ring (bicyclic) bond motifs is 2. The summed E-state index contributed by atoms with van der Waals surface area (Å²) in [6, 6.07) is 21.7. The van der Waals surface area contributed by atoms with Crippen LogP contribution in [0.25, 0.3) is 21.8 Å². The van der Waals surface area contributed by atoms with Crippen molar-refractivity contribution in [1.29, 1.82) is 0 Å². The lowest BCUT2D eigenvalue weighted by Gasteiger charge is -2.12. The Hall–Kier alpha value is -3.97. The van der Waals surface area contributed by atoms with E-state index < -0.39 is 0 Å². The molecule has 5 aromatic rings. The van der Waals surface area contributed by atoms with Gasteiger partial charge >= 0.3 is 0 Å². The van der Waals surface area contributed by atoms with Crippen molar-refractivity contribution in [2.75, 3.05) is 10.6 Å². The minimum Gasteiger partial charge on any atom is -0.361 e. The van der Waals surface area contributed by atoms with Crippen LogP contribution in [0.15, 0.2) is 84.0 Å². The fourth-order valence-corrected chi connectivity index (χ4v) is 4.14. The summed E-state index contributed by atoms with van der Waals surface area (Å²) in [6.45, 7) is 2.59. The highest BCUT2D eigenvalue weighted by molar-refractivity contribution is 7.80. The number of aromatic nitrogens is 3. The van der Waals surface area contributed by atoms with Crippen LogP contribution < -0.4 is 16.2 Å². The first-order chi connectivity index (χ1) is 16.1. The number of nitrogens with zero attached hydrogens (tertiary/aromatic N) is 2. The Morgan fingerprint density at radius 3 is 2.61 bits per heavy atom. The Morgan fingerprint density at radius 2 is 1.76 bits per heavy atom. The van der Waals surface area contributed by atoms with Crippen LogP contribution in [0.2, 0.25) is 0 Å². The molecular weight excluding hydrogens is 430 g/mol. The molecule has 0 bridgehead atoms. The Morgan fingerprint density at radius 1 is 1.00 bits per heavy atom. The number of hydrogen-bond acceptors (Lipinski definition) is 3. The maximum Gasteiger partial charge on any atom is 0.261 e. The summed E-state index contributed by atoms with van der Waals surface area (Å²) in [4.78, 5) is 20.9. The Kier molecular flexibility index (Phi) is 5.62. The van der Waals surface area contributed by atoms with Crippen LogP contribution in [0.5, 0.6) is 0 Å². The molecule has 0 atom stereocenters. The van der Waals surface area contributed by atoms with Gasteiger partial charge in [-0.25, -0.2) is 4.98 Å². The molecule has 7 heteroatoms. The predicted molar refractivity (Wildman–Crippen MR) is 139 cm³/mol. The van der Waals surface area contributed by atoms with Crippen molar-refractivity contribution in [3.05, 3.63) is 101 Å². The fraction of sp³-hybridized carbons (Fsp3) is 0.115. The van der Waals surface area contributed by atoms with Gasteiger partial charge in [0.05, 0.1) is 17.2 Å². The zero-order chi connectivity index (χ0) is 22.8. The standard InChI is InChI=1S/C26H23N5OS/c1-17-6-8-19(9-7-17)29-26(33)30-20-10-11-24-22(14-20)25(32)31(16-28-24)13-12-18-15-27-23-5-3-2-4-21(18)23/h2-11,14-16,27H,12-13H2,1H3,(H2,29,30,33). The number of H-pyrrole nitrogens is 1. The van der Waals surface area contributed by atoms with Gasteiger partial charge in [0.25, 0.3) is 5.56 Å². The minimum absolute atomic E-state index is 0.0686. The third kappa shape index (κ3) is 4.49.